The molecule has 1 aliphatic carbocycles. The third-order valence-corrected chi connectivity index (χ3v) is 6.64. The SMILES string of the molecule is CCn1c(SCc2cc(F)c(F)cc2F)nnc1-c1c2c(nc3ccccc13)CCC2. The third-order valence-electron chi connectivity index (χ3n) is 5.62. The second-order valence-electron chi connectivity index (χ2n) is 7.48. The van der Waals surface area contributed by atoms with Crippen molar-refractivity contribution in [3.63, 3.8) is 0 Å². The molecule has 0 spiro atoms. The molecule has 2 aromatic heterocycles. The lowest BCUT2D eigenvalue weighted by Gasteiger charge is -2.13. The summed E-state index contributed by atoms with van der Waals surface area (Å²) >= 11 is 1.25. The number of hydrogen-bond donors (Lipinski definition) is 0. The molecule has 8 heteroatoms. The minimum absolute atomic E-state index is 0.0892. The number of aryl methyl sites for hydroxylation is 1. The van der Waals surface area contributed by atoms with Gasteiger partial charge in [-0.2, -0.15) is 0 Å². The molecular weight excluding hydrogens is 421 g/mol. The predicted molar refractivity (Wildman–Crippen MR) is 114 cm³/mol. The first kappa shape index (κ1) is 20.1. The largest absolute Gasteiger partial charge is 0.302 e. The van der Waals surface area contributed by atoms with Gasteiger partial charge in [-0.15, -0.1) is 10.2 Å². The zero-order chi connectivity index (χ0) is 21.5. The molecule has 2 aromatic carbocycles. The monoisotopic (exact) mass is 440 g/mol. The topological polar surface area (TPSA) is 43.6 Å². The molecular formula is C23H19F3N4S. The van der Waals surface area contributed by atoms with E-state index in [1.165, 1.54) is 17.3 Å². The Balaban J connectivity index is 1.56. The Hall–Kier alpha value is -2.87. The van der Waals surface area contributed by atoms with Crippen LogP contribution >= 0.6 is 11.8 Å². The minimum atomic E-state index is -1.19. The molecule has 0 N–H and O–H groups in total. The van der Waals surface area contributed by atoms with Gasteiger partial charge in [-0.05, 0) is 43.9 Å². The van der Waals surface area contributed by atoms with E-state index in [9.17, 15) is 13.2 Å². The van der Waals surface area contributed by atoms with E-state index in [-0.39, 0.29) is 11.3 Å². The summed E-state index contributed by atoms with van der Waals surface area (Å²) in [7, 11) is 0. The first-order valence-corrected chi connectivity index (χ1v) is 11.2. The fourth-order valence-electron chi connectivity index (χ4n) is 4.15. The van der Waals surface area contributed by atoms with Crippen LogP contribution < -0.4 is 0 Å². The van der Waals surface area contributed by atoms with Crippen LogP contribution in [0.25, 0.3) is 22.3 Å². The summed E-state index contributed by atoms with van der Waals surface area (Å²) in [5, 5.41) is 10.5. The van der Waals surface area contributed by atoms with E-state index in [1.54, 1.807) is 0 Å². The molecule has 2 heterocycles. The van der Waals surface area contributed by atoms with Gasteiger partial charge in [0.05, 0.1) is 5.52 Å². The van der Waals surface area contributed by atoms with Crippen LogP contribution in [0.3, 0.4) is 0 Å². The van der Waals surface area contributed by atoms with E-state index in [2.05, 4.69) is 16.3 Å². The van der Waals surface area contributed by atoms with Crippen LogP contribution in [0, 0.1) is 17.5 Å². The Bertz CT molecular complexity index is 1300. The van der Waals surface area contributed by atoms with Crippen molar-refractivity contribution in [2.24, 2.45) is 0 Å². The average molecular weight is 440 g/mol. The summed E-state index contributed by atoms with van der Waals surface area (Å²) in [6, 6.07) is 9.49. The van der Waals surface area contributed by atoms with Gasteiger partial charge in [-0.3, -0.25) is 4.98 Å². The number of para-hydroxylation sites is 1. The number of rotatable bonds is 5. The number of thioether (sulfide) groups is 1. The van der Waals surface area contributed by atoms with E-state index in [1.807, 2.05) is 29.7 Å². The highest BCUT2D eigenvalue weighted by atomic mass is 32.2. The Kier molecular flexibility index (Phi) is 5.17. The lowest BCUT2D eigenvalue weighted by atomic mass is 10.0. The average Bonchev–Trinajstić information content (AvgIpc) is 3.40. The fraction of sp³-hybridized carbons (Fsp3) is 0.261. The van der Waals surface area contributed by atoms with Crippen LogP contribution in [0.2, 0.25) is 0 Å². The smallest absolute Gasteiger partial charge is 0.191 e. The van der Waals surface area contributed by atoms with Crippen molar-refractivity contribution in [3.05, 3.63) is 70.7 Å². The molecule has 4 nitrogen and oxygen atoms in total. The van der Waals surface area contributed by atoms with Crippen molar-refractivity contribution in [2.45, 2.75) is 43.6 Å². The Morgan fingerprint density at radius 2 is 1.81 bits per heavy atom. The molecule has 0 saturated heterocycles. The highest BCUT2D eigenvalue weighted by Crippen LogP contribution is 2.38. The zero-order valence-corrected chi connectivity index (χ0v) is 17.6. The van der Waals surface area contributed by atoms with Crippen molar-refractivity contribution in [3.8, 4) is 11.4 Å². The predicted octanol–water partition coefficient (Wildman–Crippen LogP) is 5.71. The summed E-state index contributed by atoms with van der Waals surface area (Å²) in [6.45, 7) is 2.62. The van der Waals surface area contributed by atoms with Gasteiger partial charge >= 0.3 is 0 Å². The van der Waals surface area contributed by atoms with Gasteiger partial charge < -0.3 is 4.57 Å². The van der Waals surface area contributed by atoms with Gasteiger partial charge in [0.1, 0.15) is 5.82 Å². The number of benzene rings is 2. The van der Waals surface area contributed by atoms with E-state index < -0.39 is 17.5 Å². The summed E-state index contributed by atoms with van der Waals surface area (Å²) < 4.78 is 42.8. The summed E-state index contributed by atoms with van der Waals surface area (Å²) in [4.78, 5) is 4.83. The summed E-state index contributed by atoms with van der Waals surface area (Å²) in [6.07, 6.45) is 2.95. The van der Waals surface area contributed by atoms with Crippen LogP contribution in [0.4, 0.5) is 13.2 Å². The van der Waals surface area contributed by atoms with Crippen LogP contribution in [-0.4, -0.2) is 19.7 Å². The van der Waals surface area contributed by atoms with Crippen LogP contribution in [-0.2, 0) is 25.1 Å². The number of aromatic nitrogens is 4. The molecule has 1 aliphatic rings. The highest BCUT2D eigenvalue weighted by Gasteiger charge is 2.25. The van der Waals surface area contributed by atoms with Gasteiger partial charge in [0, 0.05) is 40.6 Å². The first-order valence-electron chi connectivity index (χ1n) is 10.2. The van der Waals surface area contributed by atoms with E-state index in [0.29, 0.717) is 17.8 Å². The quantitative estimate of drug-likeness (QED) is 0.294. The van der Waals surface area contributed by atoms with E-state index >= 15 is 0 Å². The van der Waals surface area contributed by atoms with Gasteiger partial charge in [0.25, 0.3) is 0 Å². The minimum Gasteiger partial charge on any atom is -0.302 e. The van der Waals surface area contributed by atoms with E-state index in [4.69, 9.17) is 4.98 Å². The maximum Gasteiger partial charge on any atom is 0.191 e. The van der Waals surface area contributed by atoms with Crippen LogP contribution in [0.5, 0.6) is 0 Å². The Morgan fingerprint density at radius 1 is 1.00 bits per heavy atom. The lowest BCUT2D eigenvalue weighted by molar-refractivity contribution is 0.492. The third kappa shape index (κ3) is 3.48. The van der Waals surface area contributed by atoms with Gasteiger partial charge in [0.15, 0.2) is 22.6 Å². The molecule has 158 valence electrons. The van der Waals surface area contributed by atoms with Gasteiger partial charge in [-0.25, -0.2) is 13.2 Å². The standard InChI is InChI=1S/C23H19F3N4S/c1-2-30-22(21-14-6-3-4-8-19(14)27-20-9-5-7-15(20)21)28-29-23(30)31-12-13-10-17(25)18(26)11-16(13)24/h3-4,6,8,10-11H,2,5,7,9,12H2,1H3. The maximum absolute atomic E-state index is 14.0. The first-order chi connectivity index (χ1) is 15.1. The molecule has 0 fully saturated rings. The number of fused-ring (bicyclic) bond motifs is 2. The second-order valence-corrected chi connectivity index (χ2v) is 8.42. The summed E-state index contributed by atoms with van der Waals surface area (Å²) in [5.41, 5.74) is 4.40. The number of halogens is 3. The molecule has 0 atom stereocenters. The molecule has 0 saturated carbocycles. The van der Waals surface area contributed by atoms with Crippen LogP contribution in [0.1, 0.15) is 30.2 Å². The maximum atomic E-state index is 14.0. The number of hydrogen-bond acceptors (Lipinski definition) is 4. The van der Waals surface area contributed by atoms with Crippen molar-refractivity contribution < 1.29 is 13.2 Å². The molecule has 0 bridgehead atoms. The second kappa shape index (κ2) is 8.00. The van der Waals surface area contributed by atoms with Gasteiger partial charge in [0.2, 0.25) is 0 Å². The zero-order valence-electron chi connectivity index (χ0n) is 16.8. The molecule has 0 aliphatic heterocycles. The van der Waals surface area contributed by atoms with E-state index in [0.717, 1.165) is 53.3 Å². The van der Waals surface area contributed by atoms with Gasteiger partial charge in [-0.1, -0.05) is 30.0 Å². The molecule has 0 unspecified atom stereocenters. The van der Waals surface area contributed by atoms with Crippen molar-refractivity contribution in [1.82, 2.24) is 19.7 Å². The molecule has 31 heavy (non-hydrogen) atoms. The van der Waals surface area contributed by atoms with Crippen LogP contribution in [0.15, 0.2) is 41.6 Å². The lowest BCUT2D eigenvalue weighted by Crippen LogP contribution is -2.04. The fourth-order valence-corrected chi connectivity index (χ4v) is 5.12. The normalized spacial score (nSPS) is 13.2. The Labute approximate surface area is 181 Å². The Morgan fingerprint density at radius 3 is 2.65 bits per heavy atom. The molecule has 0 radical (unpaired) electrons. The van der Waals surface area contributed by atoms with Crippen molar-refractivity contribution >= 4 is 22.7 Å². The number of nitrogens with zero attached hydrogens (tertiary/aromatic N) is 4. The molecule has 5 rings (SSSR count). The number of pyridine rings is 1. The molecule has 4 aromatic rings. The molecule has 0 amide bonds. The highest BCUT2D eigenvalue weighted by molar-refractivity contribution is 7.98. The van der Waals surface area contributed by atoms with Crippen molar-refractivity contribution in [1.29, 1.82) is 0 Å². The summed E-state index contributed by atoms with van der Waals surface area (Å²) in [5.74, 6) is -2.15. The van der Waals surface area contributed by atoms with Crippen molar-refractivity contribution in [2.75, 3.05) is 0 Å².